The minimum atomic E-state index is -3.53. The zero-order chi connectivity index (χ0) is 19.3. The van der Waals surface area contributed by atoms with Gasteiger partial charge in [0, 0.05) is 44.4 Å². The summed E-state index contributed by atoms with van der Waals surface area (Å²) in [7, 11) is 1.50. The zero-order valence-corrected chi connectivity index (χ0v) is 15.9. The fourth-order valence-electron chi connectivity index (χ4n) is 2.16. The molecule has 136 valence electrons. The van der Waals surface area contributed by atoms with Gasteiger partial charge in [-0.15, -0.1) is 0 Å². The van der Waals surface area contributed by atoms with Crippen molar-refractivity contribution in [1.82, 2.24) is 4.98 Å². The van der Waals surface area contributed by atoms with Gasteiger partial charge in [0.1, 0.15) is 5.76 Å². The Labute approximate surface area is 160 Å². The fraction of sp³-hybridized carbons (Fsp3) is 0.0556. The van der Waals surface area contributed by atoms with Gasteiger partial charge in [-0.2, -0.15) is 0 Å². The molecule has 0 saturated carbocycles. The fourth-order valence-corrected chi connectivity index (χ4v) is 3.12. The molecule has 0 aliphatic heterocycles. The van der Waals surface area contributed by atoms with Crippen molar-refractivity contribution < 1.29 is 18.3 Å². The van der Waals surface area contributed by atoms with Crippen LogP contribution in [0.15, 0.2) is 65.7 Å². The molecule has 0 unspecified atom stereocenters. The number of aliphatic hydroxyl groups excluding tert-OH is 1. The molecule has 0 spiro atoms. The van der Waals surface area contributed by atoms with Crippen molar-refractivity contribution in [1.29, 1.82) is 0 Å². The number of carbonyl (C=O) groups excluding carboxylic acids is 1. The van der Waals surface area contributed by atoms with Crippen LogP contribution in [-0.2, 0) is 13.8 Å². The molecular formula is C18H15Cl2NO4S. The topological polar surface area (TPSA) is 87.2 Å². The van der Waals surface area contributed by atoms with Gasteiger partial charge in [-0.25, -0.2) is 8.42 Å². The largest absolute Gasteiger partial charge is 0.507 e. The summed E-state index contributed by atoms with van der Waals surface area (Å²) in [6, 6.07) is 13.2. The predicted octanol–water partition coefficient (Wildman–Crippen LogP) is 4.92. The number of hydrogen-bond donors (Lipinski definition) is 2. The lowest BCUT2D eigenvalue weighted by Crippen LogP contribution is -1.87. The molecule has 0 radical (unpaired) electrons. The first-order valence-electron chi connectivity index (χ1n) is 7.36. The number of hydrogen-bond acceptors (Lipinski definition) is 4. The quantitative estimate of drug-likeness (QED) is 0.363. The highest BCUT2D eigenvalue weighted by Crippen LogP contribution is 2.26. The molecular weight excluding hydrogens is 397 g/mol. The van der Waals surface area contributed by atoms with E-state index < -0.39 is 9.05 Å². The minimum Gasteiger partial charge on any atom is -0.507 e. The highest BCUT2D eigenvalue weighted by Gasteiger charge is 2.08. The molecule has 5 nitrogen and oxygen atoms in total. The van der Waals surface area contributed by atoms with Gasteiger partial charge in [-0.1, -0.05) is 29.8 Å². The summed E-state index contributed by atoms with van der Waals surface area (Å²) in [5, 5.41) is 11.1. The molecule has 0 amide bonds. The summed E-state index contributed by atoms with van der Waals surface area (Å²) < 4.78 is 21.2. The summed E-state index contributed by atoms with van der Waals surface area (Å²) in [4.78, 5) is 14.0. The highest BCUT2D eigenvalue weighted by molar-refractivity contribution is 8.13. The van der Waals surface area contributed by atoms with E-state index in [1.54, 1.807) is 36.5 Å². The number of aliphatic hydroxyl groups is 1. The first-order valence-corrected chi connectivity index (χ1v) is 10.0. The van der Waals surface area contributed by atoms with E-state index in [0.717, 1.165) is 10.9 Å². The van der Waals surface area contributed by atoms with Gasteiger partial charge in [0.25, 0.3) is 9.05 Å². The Morgan fingerprint density at radius 3 is 2.35 bits per heavy atom. The summed E-state index contributed by atoms with van der Waals surface area (Å²) in [5.74, 6) is -0.255. The molecule has 0 saturated heterocycles. The lowest BCUT2D eigenvalue weighted by atomic mass is 10.1. The van der Waals surface area contributed by atoms with Gasteiger partial charge >= 0.3 is 0 Å². The summed E-state index contributed by atoms with van der Waals surface area (Å²) in [6.07, 6.45) is 2.83. The number of allylic oxidation sites excluding steroid dienone is 1. The number of fused-ring (bicyclic) bond motifs is 1. The molecule has 1 heterocycles. The van der Waals surface area contributed by atoms with E-state index in [0.29, 0.717) is 10.6 Å². The third-order valence-corrected chi connectivity index (χ3v) is 4.89. The van der Waals surface area contributed by atoms with E-state index in [4.69, 9.17) is 22.3 Å². The Morgan fingerprint density at radius 1 is 1.15 bits per heavy atom. The van der Waals surface area contributed by atoms with Gasteiger partial charge < -0.3 is 10.1 Å². The number of benzene rings is 2. The van der Waals surface area contributed by atoms with Crippen molar-refractivity contribution in [3.05, 3.63) is 71.4 Å². The second kappa shape index (κ2) is 8.40. The number of aromatic nitrogens is 1. The average molecular weight is 412 g/mol. The van der Waals surface area contributed by atoms with Gasteiger partial charge in [0.05, 0.1) is 4.90 Å². The van der Waals surface area contributed by atoms with Crippen molar-refractivity contribution in [3.8, 4) is 0 Å². The number of carbonyl (C=O) groups is 1. The lowest BCUT2D eigenvalue weighted by Gasteiger charge is -1.97. The maximum atomic E-state index is 10.9. The van der Waals surface area contributed by atoms with Gasteiger partial charge in [-0.05, 0) is 37.3 Å². The molecule has 2 aromatic carbocycles. The number of nitrogens with one attached hydrogen (secondary N) is 1. The molecule has 26 heavy (non-hydrogen) atoms. The van der Waals surface area contributed by atoms with Crippen LogP contribution >= 0.6 is 22.3 Å². The predicted molar refractivity (Wildman–Crippen MR) is 104 cm³/mol. The van der Waals surface area contributed by atoms with Crippen molar-refractivity contribution in [2.45, 2.75) is 11.8 Å². The molecule has 0 aliphatic rings. The van der Waals surface area contributed by atoms with Crippen LogP contribution in [0.1, 0.15) is 12.5 Å². The molecule has 0 bridgehead atoms. The Hall–Kier alpha value is -2.28. The molecule has 0 aliphatic carbocycles. The van der Waals surface area contributed by atoms with Crippen LogP contribution in [0.5, 0.6) is 0 Å². The smallest absolute Gasteiger partial charge is 0.261 e. The third-order valence-electron chi connectivity index (χ3n) is 3.28. The third kappa shape index (κ3) is 5.36. The van der Waals surface area contributed by atoms with Crippen LogP contribution in [0.3, 0.4) is 0 Å². The summed E-state index contributed by atoms with van der Waals surface area (Å²) >= 11 is 5.88. The number of aromatic amines is 1. The summed E-state index contributed by atoms with van der Waals surface area (Å²) in [6.45, 7) is 1.39. The normalized spacial score (nSPS) is 11.7. The van der Waals surface area contributed by atoms with Crippen LogP contribution in [0, 0.1) is 0 Å². The van der Waals surface area contributed by atoms with E-state index in [1.807, 2.05) is 6.07 Å². The number of rotatable bonds is 3. The molecule has 3 rings (SSSR count). The highest BCUT2D eigenvalue weighted by atomic mass is 35.7. The molecule has 8 heteroatoms. The molecule has 0 fully saturated rings. The van der Waals surface area contributed by atoms with Gasteiger partial charge in [0.15, 0.2) is 5.78 Å². The van der Waals surface area contributed by atoms with Gasteiger partial charge in [0.2, 0.25) is 0 Å². The maximum absolute atomic E-state index is 10.9. The van der Waals surface area contributed by atoms with E-state index >= 15 is 0 Å². The van der Waals surface area contributed by atoms with Crippen LogP contribution in [-0.4, -0.2) is 24.3 Å². The monoisotopic (exact) mass is 411 g/mol. The van der Waals surface area contributed by atoms with Crippen LogP contribution in [0.25, 0.3) is 16.7 Å². The first-order chi connectivity index (χ1) is 12.2. The van der Waals surface area contributed by atoms with E-state index in [9.17, 15) is 18.3 Å². The number of halogens is 2. The number of H-pyrrole nitrogens is 1. The minimum absolute atomic E-state index is 0.0546. The summed E-state index contributed by atoms with van der Waals surface area (Å²) in [5.41, 5.74) is 1.44. The molecule has 1 aromatic heterocycles. The van der Waals surface area contributed by atoms with E-state index in [1.165, 1.54) is 25.1 Å². The van der Waals surface area contributed by atoms with Crippen LogP contribution < -0.4 is 0 Å². The Morgan fingerprint density at radius 2 is 1.81 bits per heavy atom. The van der Waals surface area contributed by atoms with E-state index in [-0.39, 0.29) is 16.4 Å². The van der Waals surface area contributed by atoms with Crippen molar-refractivity contribution in [2.75, 3.05) is 0 Å². The van der Waals surface area contributed by atoms with Crippen LogP contribution in [0.2, 0.25) is 5.02 Å². The standard InChI is InChI=1S/C12H10ClNO2.C6H5ClO2S/c1-7(15)4-12(16)10-6-14-11-3-2-8(13)5-9(10)11;7-10(8,9)6-4-2-1-3-5-6/h2-6,14,16H,1H3;1-5H. The van der Waals surface area contributed by atoms with Gasteiger partial charge in [-0.3, -0.25) is 4.79 Å². The second-order valence-electron chi connectivity index (χ2n) is 5.28. The SMILES string of the molecule is CC(=O)C=C(O)c1c[nH]c2ccc(Cl)cc12.O=S(=O)(Cl)c1ccccc1. The zero-order valence-electron chi connectivity index (χ0n) is 13.6. The number of ketones is 1. The first kappa shape index (κ1) is 20.0. The Balaban J connectivity index is 0.000000209. The van der Waals surface area contributed by atoms with E-state index in [2.05, 4.69) is 4.98 Å². The molecule has 2 N–H and O–H groups in total. The maximum Gasteiger partial charge on any atom is 0.261 e. The Kier molecular flexibility index (Phi) is 6.47. The van der Waals surface area contributed by atoms with Crippen molar-refractivity contribution >= 4 is 53.8 Å². The Bertz CT molecular complexity index is 1060. The average Bonchev–Trinajstić information content (AvgIpc) is 2.98. The molecule has 0 atom stereocenters. The molecule has 3 aromatic rings. The van der Waals surface area contributed by atoms with Crippen molar-refractivity contribution in [2.24, 2.45) is 0 Å². The van der Waals surface area contributed by atoms with Crippen LogP contribution in [0.4, 0.5) is 0 Å². The lowest BCUT2D eigenvalue weighted by molar-refractivity contribution is -0.112. The second-order valence-corrected chi connectivity index (χ2v) is 8.29. The van der Waals surface area contributed by atoms with Crippen molar-refractivity contribution in [3.63, 3.8) is 0 Å².